The molecule has 124 valence electrons. The summed E-state index contributed by atoms with van der Waals surface area (Å²) in [6.07, 6.45) is 0. The van der Waals surface area contributed by atoms with E-state index in [2.05, 4.69) is 101 Å². The van der Waals surface area contributed by atoms with Crippen LogP contribution in [0.15, 0.2) is 22.7 Å². The van der Waals surface area contributed by atoms with E-state index in [0.29, 0.717) is 0 Å². The molecule has 1 aliphatic rings. The summed E-state index contributed by atoms with van der Waals surface area (Å²) in [7, 11) is 0. The average molecular weight is 366 g/mol. The average Bonchev–Trinajstić information content (AvgIpc) is 2.62. The van der Waals surface area contributed by atoms with Crippen LogP contribution in [0.4, 0.5) is 5.69 Å². The molecule has 0 aromatic heterocycles. The van der Waals surface area contributed by atoms with Gasteiger partial charge in [-0.1, -0.05) is 63.5 Å². The minimum absolute atomic E-state index is 0.119. The lowest BCUT2D eigenvalue weighted by Crippen LogP contribution is -2.55. The molecule has 2 heteroatoms. The fourth-order valence-electron chi connectivity index (χ4n) is 4.50. The number of anilines is 1. The number of nitrogens with zero attached hydrogens (tertiary/aromatic N) is 1. The third-order valence-corrected chi connectivity index (χ3v) is 5.97. The molecule has 0 atom stereocenters. The molecule has 2 rings (SSSR count). The lowest BCUT2D eigenvalue weighted by molar-refractivity contribution is 0.0636. The van der Waals surface area contributed by atoms with Crippen molar-refractivity contribution in [1.82, 2.24) is 0 Å². The van der Waals surface area contributed by atoms with Crippen LogP contribution in [0.3, 0.4) is 0 Å². The Bertz CT molecular complexity index is 553. The van der Waals surface area contributed by atoms with Crippen LogP contribution >= 0.6 is 15.9 Å². The lowest BCUT2D eigenvalue weighted by atomic mass is 9.52. The fraction of sp³-hybridized carbons (Fsp3) is 0.700. The molecule has 1 aliphatic heterocycles. The molecule has 22 heavy (non-hydrogen) atoms. The summed E-state index contributed by atoms with van der Waals surface area (Å²) in [6, 6.07) is 6.86. The number of hydrogen-bond acceptors (Lipinski definition) is 1. The van der Waals surface area contributed by atoms with Gasteiger partial charge in [0, 0.05) is 27.7 Å². The molecule has 1 nitrogen and oxygen atoms in total. The molecule has 0 N–H and O–H groups in total. The van der Waals surface area contributed by atoms with Crippen LogP contribution in [0.5, 0.6) is 0 Å². The molecular formula is C20H32BrN. The quantitative estimate of drug-likeness (QED) is 0.514. The topological polar surface area (TPSA) is 3.24 Å². The number of rotatable bonds is 0. The maximum atomic E-state index is 3.67. The van der Waals surface area contributed by atoms with Gasteiger partial charge in [-0.2, -0.15) is 0 Å². The highest BCUT2D eigenvalue weighted by molar-refractivity contribution is 9.10. The largest absolute Gasteiger partial charge is 0.365 e. The van der Waals surface area contributed by atoms with Gasteiger partial charge in [-0.15, -0.1) is 0 Å². The van der Waals surface area contributed by atoms with Crippen LogP contribution in [-0.4, -0.2) is 12.1 Å². The van der Waals surface area contributed by atoms with Crippen molar-refractivity contribution in [1.29, 1.82) is 0 Å². The Morgan fingerprint density at radius 3 is 1.82 bits per heavy atom. The maximum Gasteiger partial charge on any atom is 0.0421 e. The monoisotopic (exact) mass is 365 g/mol. The second-order valence-corrected chi connectivity index (χ2v) is 10.7. The van der Waals surface area contributed by atoms with E-state index >= 15 is 0 Å². The predicted molar refractivity (Wildman–Crippen MR) is 102 cm³/mol. The second kappa shape index (κ2) is 5.00. The predicted octanol–water partition coefficient (Wildman–Crippen LogP) is 6.40. The van der Waals surface area contributed by atoms with Gasteiger partial charge in [0.25, 0.3) is 0 Å². The van der Waals surface area contributed by atoms with E-state index in [1.165, 1.54) is 15.7 Å². The van der Waals surface area contributed by atoms with Gasteiger partial charge in [0.1, 0.15) is 0 Å². The van der Waals surface area contributed by atoms with Crippen molar-refractivity contribution in [3.8, 4) is 0 Å². The van der Waals surface area contributed by atoms with Crippen molar-refractivity contribution in [2.45, 2.75) is 73.3 Å². The van der Waals surface area contributed by atoms with Crippen molar-refractivity contribution in [2.75, 3.05) is 11.4 Å². The first-order valence-electron chi connectivity index (χ1n) is 8.29. The first kappa shape index (κ1) is 17.8. The zero-order chi connectivity index (χ0) is 17.1. The van der Waals surface area contributed by atoms with Gasteiger partial charge < -0.3 is 4.90 Å². The van der Waals surface area contributed by atoms with Gasteiger partial charge >= 0.3 is 0 Å². The standard InChI is InChI=1S/C20H32BrN/c1-17(2,3)20(18(4,5)6)13-22(19(7,8)9)16-12-14(21)10-11-15(16)20/h10-12H,13H2,1-9H3. The van der Waals surface area contributed by atoms with Crippen LogP contribution in [0.25, 0.3) is 0 Å². The summed E-state index contributed by atoms with van der Waals surface area (Å²) < 4.78 is 1.17. The van der Waals surface area contributed by atoms with Crippen molar-refractivity contribution in [2.24, 2.45) is 10.8 Å². The molecule has 0 aliphatic carbocycles. The molecule has 0 radical (unpaired) electrons. The Kier molecular flexibility index (Phi) is 4.05. The van der Waals surface area contributed by atoms with Crippen molar-refractivity contribution in [3.63, 3.8) is 0 Å². The Morgan fingerprint density at radius 1 is 0.909 bits per heavy atom. The maximum absolute atomic E-state index is 3.67. The SMILES string of the molecule is CC(C)(C)N1CC(C(C)(C)C)(C(C)(C)C)c2ccc(Br)cc21. The zero-order valence-corrected chi connectivity index (χ0v) is 17.4. The van der Waals surface area contributed by atoms with Gasteiger partial charge in [0.2, 0.25) is 0 Å². The molecule has 0 unspecified atom stereocenters. The minimum Gasteiger partial charge on any atom is -0.365 e. The Morgan fingerprint density at radius 2 is 1.41 bits per heavy atom. The Labute approximate surface area is 145 Å². The first-order chi connectivity index (χ1) is 9.72. The van der Waals surface area contributed by atoms with Crippen LogP contribution in [-0.2, 0) is 5.41 Å². The van der Waals surface area contributed by atoms with Crippen molar-refractivity contribution in [3.05, 3.63) is 28.2 Å². The lowest BCUT2D eigenvalue weighted by Gasteiger charge is -2.52. The molecular weight excluding hydrogens is 334 g/mol. The van der Waals surface area contributed by atoms with Gasteiger partial charge in [-0.3, -0.25) is 0 Å². The normalized spacial score (nSPS) is 18.5. The van der Waals surface area contributed by atoms with Crippen LogP contribution in [0.1, 0.15) is 67.9 Å². The fourth-order valence-corrected chi connectivity index (χ4v) is 4.85. The number of fused-ring (bicyclic) bond motifs is 1. The third-order valence-electron chi connectivity index (χ3n) is 5.48. The van der Waals surface area contributed by atoms with Crippen molar-refractivity contribution < 1.29 is 0 Å². The molecule has 1 aromatic carbocycles. The summed E-state index contributed by atoms with van der Waals surface area (Å²) in [4.78, 5) is 2.60. The van der Waals surface area contributed by atoms with E-state index in [0.717, 1.165) is 6.54 Å². The molecule has 1 aromatic rings. The molecule has 1 heterocycles. The molecule has 0 amide bonds. The van der Waals surface area contributed by atoms with Crippen LogP contribution < -0.4 is 4.90 Å². The van der Waals surface area contributed by atoms with E-state index in [4.69, 9.17) is 0 Å². The Hall–Kier alpha value is -0.500. The smallest absolute Gasteiger partial charge is 0.0421 e. The van der Waals surface area contributed by atoms with E-state index in [1.54, 1.807) is 0 Å². The third kappa shape index (κ3) is 2.52. The molecule has 0 saturated heterocycles. The highest BCUT2D eigenvalue weighted by Gasteiger charge is 2.58. The molecule has 0 spiro atoms. The van der Waals surface area contributed by atoms with Gasteiger partial charge in [0.15, 0.2) is 0 Å². The summed E-state index contributed by atoms with van der Waals surface area (Å²) in [5, 5.41) is 0. The summed E-state index contributed by atoms with van der Waals surface area (Å²) in [6.45, 7) is 22.4. The molecule has 0 bridgehead atoms. The van der Waals surface area contributed by atoms with Crippen molar-refractivity contribution >= 4 is 21.6 Å². The highest BCUT2D eigenvalue weighted by atomic mass is 79.9. The Balaban J connectivity index is 2.81. The van der Waals surface area contributed by atoms with Crippen LogP contribution in [0.2, 0.25) is 0 Å². The number of halogens is 1. The van der Waals surface area contributed by atoms with Gasteiger partial charge in [-0.05, 0) is 49.3 Å². The number of hydrogen-bond donors (Lipinski definition) is 0. The van der Waals surface area contributed by atoms with E-state index in [-0.39, 0.29) is 21.8 Å². The molecule has 0 fully saturated rings. The van der Waals surface area contributed by atoms with E-state index in [1.807, 2.05) is 0 Å². The first-order valence-corrected chi connectivity index (χ1v) is 9.09. The van der Waals surface area contributed by atoms with E-state index < -0.39 is 0 Å². The van der Waals surface area contributed by atoms with Gasteiger partial charge in [0.05, 0.1) is 0 Å². The summed E-state index contributed by atoms with van der Waals surface area (Å²) in [5.41, 5.74) is 3.52. The summed E-state index contributed by atoms with van der Waals surface area (Å²) >= 11 is 3.67. The van der Waals surface area contributed by atoms with E-state index in [9.17, 15) is 0 Å². The van der Waals surface area contributed by atoms with Crippen LogP contribution in [0, 0.1) is 10.8 Å². The molecule has 0 saturated carbocycles. The summed E-state index contributed by atoms with van der Waals surface area (Å²) in [5.74, 6) is 0. The number of benzene rings is 1. The second-order valence-electron chi connectivity index (χ2n) is 9.82. The highest BCUT2D eigenvalue weighted by Crippen LogP contribution is 2.60. The van der Waals surface area contributed by atoms with Gasteiger partial charge in [-0.25, -0.2) is 0 Å². The zero-order valence-electron chi connectivity index (χ0n) is 15.8. The minimum atomic E-state index is 0.119.